The van der Waals surface area contributed by atoms with Crippen LogP contribution in [-0.4, -0.2) is 0 Å². The van der Waals surface area contributed by atoms with Crippen molar-refractivity contribution < 1.29 is 0 Å². The van der Waals surface area contributed by atoms with E-state index in [1.807, 2.05) is 11.3 Å². The second kappa shape index (κ2) is 3.43. The minimum Gasteiger partial charge on any atom is -0.323 e. The molecule has 2 rings (SSSR count). The third kappa shape index (κ3) is 2.12. The van der Waals surface area contributed by atoms with E-state index in [0.29, 0.717) is 6.04 Å². The molecule has 2 heteroatoms. The summed E-state index contributed by atoms with van der Waals surface area (Å²) in [7, 11) is 0. The zero-order valence-corrected chi connectivity index (χ0v) is 9.16. The fourth-order valence-electron chi connectivity index (χ4n) is 1.61. The summed E-state index contributed by atoms with van der Waals surface area (Å²) in [6.45, 7) is 4.34. The highest BCUT2D eigenvalue weighted by molar-refractivity contribution is 7.12. The summed E-state index contributed by atoms with van der Waals surface area (Å²) in [5.74, 6) is 0.928. The number of aryl methyl sites for hydroxylation is 2. The molecule has 1 saturated carbocycles. The first-order valence-corrected chi connectivity index (χ1v) is 5.81. The maximum absolute atomic E-state index is 6.13. The van der Waals surface area contributed by atoms with Crippen molar-refractivity contribution in [2.24, 2.45) is 11.7 Å². The van der Waals surface area contributed by atoms with Gasteiger partial charge in [-0.05, 0) is 37.8 Å². The Labute approximate surface area is 84.0 Å². The van der Waals surface area contributed by atoms with Gasteiger partial charge in [0.05, 0.1) is 0 Å². The monoisotopic (exact) mass is 195 g/mol. The summed E-state index contributed by atoms with van der Waals surface area (Å²) >= 11 is 1.87. The van der Waals surface area contributed by atoms with Crippen LogP contribution in [-0.2, 0) is 0 Å². The van der Waals surface area contributed by atoms with E-state index in [0.717, 1.165) is 5.92 Å². The molecule has 1 aromatic heterocycles. The summed E-state index contributed by atoms with van der Waals surface area (Å²) in [4.78, 5) is 2.79. The van der Waals surface area contributed by atoms with Gasteiger partial charge in [0.1, 0.15) is 0 Å². The van der Waals surface area contributed by atoms with Crippen LogP contribution in [0, 0.1) is 19.8 Å². The third-order valence-corrected chi connectivity index (χ3v) is 4.12. The molecule has 72 valence electrons. The van der Waals surface area contributed by atoms with Crippen LogP contribution in [0.4, 0.5) is 0 Å². The predicted molar refractivity (Wildman–Crippen MR) is 58.1 cm³/mol. The smallest absolute Gasteiger partial charge is 0.0392 e. The molecule has 1 aliphatic carbocycles. The van der Waals surface area contributed by atoms with Crippen LogP contribution in [0.25, 0.3) is 0 Å². The van der Waals surface area contributed by atoms with Gasteiger partial charge in [-0.25, -0.2) is 0 Å². The molecule has 0 spiro atoms. The van der Waals surface area contributed by atoms with Crippen LogP contribution in [0.2, 0.25) is 0 Å². The molecule has 0 amide bonds. The van der Waals surface area contributed by atoms with Gasteiger partial charge in [-0.2, -0.15) is 0 Å². The predicted octanol–water partition coefficient (Wildman–Crippen LogP) is 3.16. The summed E-state index contributed by atoms with van der Waals surface area (Å²) < 4.78 is 0. The van der Waals surface area contributed by atoms with E-state index in [2.05, 4.69) is 19.9 Å². The van der Waals surface area contributed by atoms with E-state index >= 15 is 0 Å². The van der Waals surface area contributed by atoms with Gasteiger partial charge >= 0.3 is 0 Å². The molecule has 1 atom stereocenters. The molecule has 1 heterocycles. The normalized spacial score (nSPS) is 19.0. The second-order valence-electron chi connectivity index (χ2n) is 4.17. The minimum absolute atomic E-state index is 0.296. The van der Waals surface area contributed by atoms with E-state index in [1.165, 1.54) is 34.6 Å². The van der Waals surface area contributed by atoms with E-state index in [4.69, 9.17) is 5.73 Å². The molecular formula is C11H17NS. The number of hydrogen-bond donors (Lipinski definition) is 1. The lowest BCUT2D eigenvalue weighted by molar-refractivity contribution is 0.605. The molecule has 13 heavy (non-hydrogen) atoms. The summed E-state index contributed by atoms with van der Waals surface area (Å²) in [6.07, 6.45) is 3.99. The average molecular weight is 195 g/mol. The fraction of sp³-hybridized carbons (Fsp3) is 0.636. The molecule has 1 aromatic rings. The molecule has 0 unspecified atom stereocenters. The van der Waals surface area contributed by atoms with Gasteiger partial charge in [0.2, 0.25) is 0 Å². The van der Waals surface area contributed by atoms with Crippen molar-refractivity contribution in [3.63, 3.8) is 0 Å². The van der Waals surface area contributed by atoms with Crippen molar-refractivity contribution in [1.82, 2.24) is 0 Å². The third-order valence-electron chi connectivity index (χ3n) is 2.83. The standard InChI is InChI=1S/C11H17NS/c1-7-5-11(13-8(7)2)10(12)6-9-3-4-9/h5,9-10H,3-4,6,12H2,1-2H3/t10-/m1/s1. The van der Waals surface area contributed by atoms with Crippen LogP contribution < -0.4 is 5.73 Å². The average Bonchev–Trinajstić information content (AvgIpc) is 2.81. The quantitative estimate of drug-likeness (QED) is 0.787. The number of thiophene rings is 1. The van der Waals surface area contributed by atoms with Gasteiger partial charge in [0, 0.05) is 15.8 Å². The minimum atomic E-state index is 0.296. The Hall–Kier alpha value is -0.340. The van der Waals surface area contributed by atoms with Gasteiger partial charge in [0.25, 0.3) is 0 Å². The summed E-state index contributed by atoms with van der Waals surface area (Å²) in [5.41, 5.74) is 7.52. The number of nitrogens with two attached hydrogens (primary N) is 1. The van der Waals surface area contributed by atoms with Crippen molar-refractivity contribution in [3.8, 4) is 0 Å². The van der Waals surface area contributed by atoms with Crippen molar-refractivity contribution in [1.29, 1.82) is 0 Å². The van der Waals surface area contributed by atoms with Gasteiger partial charge in [-0.15, -0.1) is 11.3 Å². The largest absolute Gasteiger partial charge is 0.323 e. The Morgan fingerprint density at radius 3 is 2.69 bits per heavy atom. The molecule has 0 saturated heterocycles. The SMILES string of the molecule is Cc1cc([C@H](N)CC2CC2)sc1C. The molecule has 0 aliphatic heterocycles. The van der Waals surface area contributed by atoms with Gasteiger partial charge in [-0.3, -0.25) is 0 Å². The van der Waals surface area contributed by atoms with Crippen molar-refractivity contribution in [2.45, 2.75) is 39.2 Å². The topological polar surface area (TPSA) is 26.0 Å². The summed E-state index contributed by atoms with van der Waals surface area (Å²) in [6, 6.07) is 2.55. The maximum atomic E-state index is 6.13. The molecule has 2 N–H and O–H groups in total. The zero-order chi connectivity index (χ0) is 9.42. The lowest BCUT2D eigenvalue weighted by atomic mass is 10.1. The Balaban J connectivity index is 2.05. The van der Waals surface area contributed by atoms with Crippen LogP contribution in [0.3, 0.4) is 0 Å². The number of rotatable bonds is 3. The Kier molecular flexibility index (Phi) is 2.43. The zero-order valence-electron chi connectivity index (χ0n) is 8.34. The summed E-state index contributed by atoms with van der Waals surface area (Å²) in [5, 5.41) is 0. The van der Waals surface area contributed by atoms with E-state index in [-0.39, 0.29) is 0 Å². The molecule has 0 radical (unpaired) electrons. The van der Waals surface area contributed by atoms with Crippen molar-refractivity contribution in [2.75, 3.05) is 0 Å². The van der Waals surface area contributed by atoms with Crippen LogP contribution in [0.15, 0.2) is 6.07 Å². The lowest BCUT2D eigenvalue weighted by Crippen LogP contribution is -2.08. The van der Waals surface area contributed by atoms with Gasteiger partial charge < -0.3 is 5.73 Å². The first-order valence-electron chi connectivity index (χ1n) is 4.99. The van der Waals surface area contributed by atoms with E-state index in [9.17, 15) is 0 Å². The van der Waals surface area contributed by atoms with Crippen molar-refractivity contribution in [3.05, 3.63) is 21.4 Å². The molecule has 1 nitrogen and oxygen atoms in total. The van der Waals surface area contributed by atoms with Crippen LogP contribution in [0.1, 0.15) is 40.6 Å². The molecular weight excluding hydrogens is 178 g/mol. The first kappa shape index (κ1) is 9.22. The molecule has 0 bridgehead atoms. The maximum Gasteiger partial charge on any atom is 0.0392 e. The molecule has 1 fully saturated rings. The molecule has 0 aromatic carbocycles. The lowest BCUT2D eigenvalue weighted by Gasteiger charge is -2.07. The fourth-order valence-corrected chi connectivity index (χ4v) is 2.67. The van der Waals surface area contributed by atoms with Crippen molar-refractivity contribution >= 4 is 11.3 Å². The van der Waals surface area contributed by atoms with E-state index < -0.39 is 0 Å². The second-order valence-corrected chi connectivity index (χ2v) is 5.46. The highest BCUT2D eigenvalue weighted by Crippen LogP contribution is 2.38. The van der Waals surface area contributed by atoms with E-state index in [1.54, 1.807) is 0 Å². The number of hydrogen-bond acceptors (Lipinski definition) is 2. The highest BCUT2D eigenvalue weighted by atomic mass is 32.1. The first-order chi connectivity index (χ1) is 6.16. The Bertz CT molecular complexity index is 280. The highest BCUT2D eigenvalue weighted by Gasteiger charge is 2.25. The van der Waals surface area contributed by atoms with Gasteiger partial charge in [-0.1, -0.05) is 12.8 Å². The molecule has 1 aliphatic rings. The Morgan fingerprint density at radius 2 is 2.23 bits per heavy atom. The van der Waals surface area contributed by atoms with Crippen LogP contribution >= 0.6 is 11.3 Å². The van der Waals surface area contributed by atoms with Gasteiger partial charge in [0.15, 0.2) is 0 Å². The Morgan fingerprint density at radius 1 is 1.54 bits per heavy atom. The van der Waals surface area contributed by atoms with Crippen LogP contribution in [0.5, 0.6) is 0 Å².